The van der Waals surface area contributed by atoms with Gasteiger partial charge in [-0.15, -0.1) is 0 Å². The third-order valence-electron chi connectivity index (χ3n) is 11.1. The number of benzene rings is 8. The van der Waals surface area contributed by atoms with Gasteiger partial charge in [-0.2, -0.15) is 10.5 Å². The quantitative estimate of drug-likeness (QED) is 0.184. The molecule has 254 valence electrons. The third-order valence-corrected chi connectivity index (χ3v) is 11.1. The molecule has 11 aromatic rings. The number of hydrogen-bond donors (Lipinski definition) is 0. The van der Waals surface area contributed by atoms with Crippen LogP contribution in [0.3, 0.4) is 0 Å². The van der Waals surface area contributed by atoms with Crippen molar-refractivity contribution in [2.75, 3.05) is 0 Å². The molecule has 0 aliphatic carbocycles. The Kier molecular flexibility index (Phi) is 6.61. The predicted molar refractivity (Wildman–Crippen MR) is 224 cm³/mol. The number of nitrogens with zero attached hydrogens (tertiary/aromatic N) is 5. The minimum atomic E-state index is 0.573. The summed E-state index contributed by atoms with van der Waals surface area (Å²) in [6.45, 7) is 0. The van der Waals surface area contributed by atoms with Gasteiger partial charge in [0.15, 0.2) is 0 Å². The van der Waals surface area contributed by atoms with Crippen LogP contribution in [0.5, 0.6) is 0 Å². The molecule has 0 amide bonds. The lowest BCUT2D eigenvalue weighted by molar-refractivity contribution is 1.15. The molecule has 11 rings (SSSR count). The molecule has 55 heavy (non-hydrogen) atoms. The van der Waals surface area contributed by atoms with E-state index in [1.54, 1.807) is 0 Å². The Morgan fingerprint density at radius 2 is 0.764 bits per heavy atom. The highest BCUT2D eigenvalue weighted by Crippen LogP contribution is 2.42. The van der Waals surface area contributed by atoms with E-state index in [-0.39, 0.29) is 0 Å². The van der Waals surface area contributed by atoms with Crippen molar-refractivity contribution in [3.8, 4) is 40.3 Å². The van der Waals surface area contributed by atoms with Crippen molar-refractivity contribution in [2.24, 2.45) is 0 Å². The van der Waals surface area contributed by atoms with Crippen LogP contribution in [0.1, 0.15) is 11.1 Å². The monoisotopic (exact) mass is 699 g/mol. The Hall–Kier alpha value is -7.86. The van der Waals surface area contributed by atoms with E-state index in [1.807, 2.05) is 42.5 Å². The second kappa shape index (κ2) is 11.8. The van der Waals surface area contributed by atoms with Crippen molar-refractivity contribution in [1.82, 2.24) is 13.7 Å². The first kappa shape index (κ1) is 30.7. The van der Waals surface area contributed by atoms with E-state index in [9.17, 15) is 10.5 Å². The fraction of sp³-hybridized carbons (Fsp3) is 0. The van der Waals surface area contributed by atoms with Crippen molar-refractivity contribution in [3.05, 3.63) is 187 Å². The van der Waals surface area contributed by atoms with Gasteiger partial charge in [0.1, 0.15) is 0 Å². The highest BCUT2D eigenvalue weighted by molar-refractivity contribution is 6.13. The molecule has 0 fully saturated rings. The van der Waals surface area contributed by atoms with Gasteiger partial charge in [0, 0.05) is 49.1 Å². The van der Waals surface area contributed by atoms with Gasteiger partial charge >= 0.3 is 0 Å². The smallest absolute Gasteiger partial charge is 0.0992 e. The lowest BCUT2D eigenvalue weighted by Gasteiger charge is -2.19. The SMILES string of the molecule is N#Cc1ccc(-c2ccccc2-n2c3ccccc3c3ccc(-n4c5ccccc5c5ccccc54)cc32)c(-n2c3ccccc3c3cc(C#N)ccc32)c1. The molecule has 5 nitrogen and oxygen atoms in total. The second-order valence-corrected chi connectivity index (χ2v) is 14.0. The summed E-state index contributed by atoms with van der Waals surface area (Å²) >= 11 is 0. The summed E-state index contributed by atoms with van der Waals surface area (Å²) < 4.78 is 7.01. The van der Waals surface area contributed by atoms with Crippen molar-refractivity contribution in [3.63, 3.8) is 0 Å². The summed E-state index contributed by atoms with van der Waals surface area (Å²) in [6, 6.07) is 66.1. The van der Waals surface area contributed by atoms with Gasteiger partial charge in [0.25, 0.3) is 0 Å². The van der Waals surface area contributed by atoms with Gasteiger partial charge in [0.2, 0.25) is 0 Å². The van der Waals surface area contributed by atoms with Gasteiger partial charge in [-0.3, -0.25) is 0 Å². The fourth-order valence-electron chi connectivity index (χ4n) is 8.77. The molecule has 0 saturated heterocycles. The number of aromatic nitrogens is 3. The highest BCUT2D eigenvalue weighted by atomic mass is 15.0. The van der Waals surface area contributed by atoms with Crippen LogP contribution in [0, 0.1) is 22.7 Å². The van der Waals surface area contributed by atoms with Crippen LogP contribution in [0.2, 0.25) is 0 Å². The Labute approximate surface area is 316 Å². The molecule has 0 atom stereocenters. The zero-order valence-electron chi connectivity index (χ0n) is 29.5. The molecule has 0 bridgehead atoms. The van der Waals surface area contributed by atoms with E-state index in [0.717, 1.165) is 61.0 Å². The lowest BCUT2D eigenvalue weighted by atomic mass is 9.99. The molecule has 3 heterocycles. The zero-order valence-corrected chi connectivity index (χ0v) is 29.5. The molecular weight excluding hydrogens is 671 g/mol. The fourth-order valence-corrected chi connectivity index (χ4v) is 8.77. The topological polar surface area (TPSA) is 62.4 Å². The second-order valence-electron chi connectivity index (χ2n) is 14.0. The molecule has 0 N–H and O–H groups in total. The molecule has 0 aliphatic rings. The molecule has 0 aliphatic heterocycles. The predicted octanol–water partition coefficient (Wildman–Crippen LogP) is 12.4. The van der Waals surface area contributed by atoms with E-state index >= 15 is 0 Å². The molecule has 3 aromatic heterocycles. The highest BCUT2D eigenvalue weighted by Gasteiger charge is 2.22. The molecule has 0 radical (unpaired) electrons. The van der Waals surface area contributed by atoms with Gasteiger partial charge in [-0.05, 0) is 72.8 Å². The summed E-state index contributed by atoms with van der Waals surface area (Å²) in [5.74, 6) is 0. The normalized spacial score (nSPS) is 11.6. The van der Waals surface area contributed by atoms with Crippen molar-refractivity contribution in [1.29, 1.82) is 10.5 Å². The van der Waals surface area contributed by atoms with Gasteiger partial charge in [-0.25, -0.2) is 0 Å². The largest absolute Gasteiger partial charge is 0.309 e. The summed E-state index contributed by atoms with van der Waals surface area (Å²) in [5, 5.41) is 26.8. The van der Waals surface area contributed by atoms with Crippen molar-refractivity contribution < 1.29 is 0 Å². The summed E-state index contributed by atoms with van der Waals surface area (Å²) in [6.07, 6.45) is 0. The van der Waals surface area contributed by atoms with E-state index in [0.29, 0.717) is 11.1 Å². The maximum Gasteiger partial charge on any atom is 0.0992 e. The Morgan fingerprint density at radius 1 is 0.309 bits per heavy atom. The number of rotatable bonds is 4. The Morgan fingerprint density at radius 3 is 1.40 bits per heavy atom. The summed E-state index contributed by atoms with van der Waals surface area (Å²) in [7, 11) is 0. The standard InChI is InChI=1S/C50H29N5/c51-30-32-22-26-48-42(27-32)39-15-5-10-20-47(39)55(48)49-28-33(31-52)21-24-40(49)37-13-3-8-18-45(37)54-46-19-9-4-14-38(46)41-25-23-34(29-50(41)54)53-43-16-6-1-11-35(43)36-12-2-7-17-44(36)53/h1-29H. The van der Waals surface area contributed by atoms with Crippen molar-refractivity contribution >= 4 is 65.4 Å². The minimum absolute atomic E-state index is 0.573. The molecule has 0 spiro atoms. The van der Waals surface area contributed by atoms with E-state index in [1.165, 1.54) is 32.6 Å². The molecular formula is C50H29N5. The molecule has 0 saturated carbocycles. The van der Waals surface area contributed by atoms with Crippen LogP contribution >= 0.6 is 0 Å². The molecule has 8 aromatic carbocycles. The van der Waals surface area contributed by atoms with E-state index in [2.05, 4.69) is 159 Å². The first-order valence-electron chi connectivity index (χ1n) is 18.3. The van der Waals surface area contributed by atoms with Crippen LogP contribution < -0.4 is 0 Å². The number of hydrogen-bond acceptors (Lipinski definition) is 2. The van der Waals surface area contributed by atoms with Crippen molar-refractivity contribution in [2.45, 2.75) is 0 Å². The van der Waals surface area contributed by atoms with Crippen LogP contribution in [0.25, 0.3) is 93.6 Å². The minimum Gasteiger partial charge on any atom is -0.309 e. The number of para-hydroxylation sites is 5. The lowest BCUT2D eigenvalue weighted by Crippen LogP contribution is -2.02. The number of fused-ring (bicyclic) bond motifs is 9. The van der Waals surface area contributed by atoms with Gasteiger partial charge < -0.3 is 13.7 Å². The summed E-state index contributed by atoms with van der Waals surface area (Å²) in [5.41, 5.74) is 12.8. The van der Waals surface area contributed by atoms with Crippen LogP contribution in [0.15, 0.2) is 176 Å². The third kappa shape index (κ3) is 4.45. The Bertz CT molecular complexity index is 3420. The molecule has 0 unspecified atom stereocenters. The average Bonchev–Trinajstić information content (AvgIpc) is 3.88. The van der Waals surface area contributed by atoms with Gasteiger partial charge in [0.05, 0.1) is 67.7 Å². The zero-order chi connectivity index (χ0) is 36.6. The van der Waals surface area contributed by atoms with E-state index < -0.39 is 0 Å². The van der Waals surface area contributed by atoms with Crippen LogP contribution in [-0.2, 0) is 0 Å². The van der Waals surface area contributed by atoms with Crippen LogP contribution in [-0.4, -0.2) is 13.7 Å². The van der Waals surface area contributed by atoms with Gasteiger partial charge in [-0.1, -0.05) is 103 Å². The average molecular weight is 700 g/mol. The summed E-state index contributed by atoms with van der Waals surface area (Å²) in [4.78, 5) is 0. The maximum absolute atomic E-state index is 10.2. The molecule has 5 heteroatoms. The maximum atomic E-state index is 10.2. The number of nitriles is 2. The first-order chi connectivity index (χ1) is 27.2. The van der Waals surface area contributed by atoms with Crippen LogP contribution in [0.4, 0.5) is 0 Å². The Balaban J connectivity index is 1.21. The first-order valence-corrected chi connectivity index (χ1v) is 18.3. The van der Waals surface area contributed by atoms with E-state index in [4.69, 9.17) is 0 Å².